The van der Waals surface area contributed by atoms with E-state index >= 15 is 0 Å². The third-order valence-electron chi connectivity index (χ3n) is 6.04. The molecule has 0 bridgehead atoms. The number of aromatic amines is 1. The number of carbonyl (C=O) groups is 2. The number of esters is 2. The Kier molecular flexibility index (Phi) is 6.88. The molecule has 3 aromatic rings. The van der Waals surface area contributed by atoms with Gasteiger partial charge in [-0.15, -0.1) is 0 Å². The lowest BCUT2D eigenvalue weighted by Gasteiger charge is -2.36. The first-order chi connectivity index (χ1) is 17.8. The van der Waals surface area contributed by atoms with E-state index in [2.05, 4.69) is 16.3 Å². The lowest BCUT2D eigenvalue weighted by molar-refractivity contribution is -0.139. The summed E-state index contributed by atoms with van der Waals surface area (Å²) in [6.45, 7) is 1.79. The predicted octanol–water partition coefficient (Wildman–Crippen LogP) is 2.64. The fourth-order valence-corrected chi connectivity index (χ4v) is 4.28. The Hall–Kier alpha value is -5.17. The Morgan fingerprint density at radius 2 is 1.76 bits per heavy atom. The number of methoxy groups -OCH3 is 2. The maximum Gasteiger partial charge on any atom is 0.355 e. The lowest BCUT2D eigenvalue weighted by atomic mass is 9.80. The molecule has 10 heteroatoms. The van der Waals surface area contributed by atoms with Gasteiger partial charge in [-0.3, -0.25) is 9.69 Å². The van der Waals surface area contributed by atoms with Crippen LogP contribution in [0.5, 0.6) is 0 Å². The van der Waals surface area contributed by atoms with Gasteiger partial charge in [0.15, 0.2) is 0 Å². The van der Waals surface area contributed by atoms with Gasteiger partial charge in [0, 0.05) is 11.6 Å². The molecule has 1 aliphatic heterocycles. The molecule has 0 aliphatic carbocycles. The van der Waals surface area contributed by atoms with Gasteiger partial charge in [-0.2, -0.15) is 10.4 Å². The van der Waals surface area contributed by atoms with E-state index in [1.165, 1.54) is 25.2 Å². The van der Waals surface area contributed by atoms with Crippen molar-refractivity contribution in [3.8, 4) is 17.3 Å². The number of hydrogen-bond acceptors (Lipinski definition) is 9. The number of hydrogen-bond donors (Lipinski definition) is 2. The zero-order valence-electron chi connectivity index (χ0n) is 20.3. The van der Waals surface area contributed by atoms with Gasteiger partial charge in [0.1, 0.15) is 11.5 Å². The second-order valence-electron chi connectivity index (χ2n) is 8.14. The molecule has 1 atom stereocenters. The van der Waals surface area contributed by atoms with Crippen LogP contribution in [-0.4, -0.2) is 36.4 Å². The van der Waals surface area contributed by atoms with Crippen molar-refractivity contribution in [2.24, 2.45) is 5.73 Å². The number of H-pyrrole nitrogens is 1. The summed E-state index contributed by atoms with van der Waals surface area (Å²) in [6, 6.07) is 19.0. The van der Waals surface area contributed by atoms with Crippen LogP contribution in [0.3, 0.4) is 0 Å². The van der Waals surface area contributed by atoms with E-state index in [0.717, 1.165) is 0 Å². The summed E-state index contributed by atoms with van der Waals surface area (Å²) in [5.74, 6) is -2.66. The number of carbonyl (C=O) groups excluding carboxylic acids is 2. The highest BCUT2D eigenvalue weighted by atomic mass is 16.5. The van der Waals surface area contributed by atoms with Crippen LogP contribution in [0, 0.1) is 18.3 Å². The molecule has 37 heavy (non-hydrogen) atoms. The number of anilines is 1. The monoisotopic (exact) mass is 497 g/mol. The number of rotatable bonds is 5. The number of aromatic nitrogens is 2. The topological polar surface area (TPSA) is 151 Å². The third-order valence-corrected chi connectivity index (χ3v) is 6.04. The molecule has 2 aromatic carbocycles. The van der Waals surface area contributed by atoms with Crippen molar-refractivity contribution in [2.75, 3.05) is 19.1 Å². The largest absolute Gasteiger partial charge is 0.466 e. The standard InChI is InChI=1S/C27H23N5O5/c1-15-9-10-17(19-11-12-21(33)31-30-19)13-20(15)32-24(27(35)37-3)23(26(34)36-2)22(18(14-28)25(32)29)16-7-5-4-6-8-16/h4-13,22H,29H2,1-3H3,(H,31,33). The molecule has 10 nitrogen and oxygen atoms in total. The molecule has 186 valence electrons. The Labute approximate surface area is 212 Å². The van der Waals surface area contributed by atoms with E-state index in [-0.39, 0.29) is 28.2 Å². The van der Waals surface area contributed by atoms with E-state index in [9.17, 15) is 19.6 Å². The first-order valence-electron chi connectivity index (χ1n) is 11.1. The molecule has 3 N–H and O–H groups in total. The van der Waals surface area contributed by atoms with Crippen LogP contribution in [0.25, 0.3) is 11.3 Å². The zero-order chi connectivity index (χ0) is 26.7. The fourth-order valence-electron chi connectivity index (χ4n) is 4.28. The van der Waals surface area contributed by atoms with Crippen LogP contribution in [0.2, 0.25) is 0 Å². The number of nitrogens with two attached hydrogens (primary N) is 1. The van der Waals surface area contributed by atoms with Crippen LogP contribution in [-0.2, 0) is 19.1 Å². The van der Waals surface area contributed by atoms with E-state index in [0.29, 0.717) is 28.1 Å². The second-order valence-corrected chi connectivity index (χ2v) is 8.14. The van der Waals surface area contributed by atoms with Crippen molar-refractivity contribution in [2.45, 2.75) is 12.8 Å². The molecule has 1 aromatic heterocycles. The normalized spacial score (nSPS) is 15.3. The Morgan fingerprint density at radius 3 is 2.35 bits per heavy atom. The van der Waals surface area contributed by atoms with Gasteiger partial charge in [-0.05, 0) is 30.2 Å². The summed E-state index contributed by atoms with van der Waals surface area (Å²) < 4.78 is 10.1. The van der Waals surface area contributed by atoms with Gasteiger partial charge < -0.3 is 15.2 Å². The average molecular weight is 498 g/mol. The number of benzene rings is 2. The molecular formula is C27H23N5O5. The van der Waals surface area contributed by atoms with E-state index < -0.39 is 17.9 Å². The van der Waals surface area contributed by atoms with Crippen molar-refractivity contribution in [1.82, 2.24) is 10.2 Å². The highest BCUT2D eigenvalue weighted by Gasteiger charge is 2.43. The summed E-state index contributed by atoms with van der Waals surface area (Å²) in [4.78, 5) is 39.3. The summed E-state index contributed by atoms with van der Waals surface area (Å²) in [5.41, 5.74) is 8.74. The van der Waals surface area contributed by atoms with Crippen molar-refractivity contribution < 1.29 is 19.1 Å². The zero-order valence-corrected chi connectivity index (χ0v) is 20.3. The molecule has 0 saturated carbocycles. The number of nitrogens with one attached hydrogen (secondary N) is 1. The average Bonchev–Trinajstić information content (AvgIpc) is 2.93. The smallest absolute Gasteiger partial charge is 0.355 e. The lowest BCUT2D eigenvalue weighted by Crippen LogP contribution is -2.41. The Morgan fingerprint density at radius 1 is 1.05 bits per heavy atom. The van der Waals surface area contributed by atoms with Crippen LogP contribution in [0.15, 0.2) is 88.1 Å². The van der Waals surface area contributed by atoms with Crippen molar-refractivity contribution in [3.63, 3.8) is 0 Å². The molecule has 4 rings (SSSR count). The molecule has 0 amide bonds. The van der Waals surface area contributed by atoms with Gasteiger partial charge in [-0.1, -0.05) is 42.5 Å². The van der Waals surface area contributed by atoms with Gasteiger partial charge >= 0.3 is 11.9 Å². The Balaban J connectivity index is 2.05. The van der Waals surface area contributed by atoms with Gasteiger partial charge in [0.25, 0.3) is 5.56 Å². The maximum absolute atomic E-state index is 13.3. The number of ether oxygens (including phenoxy) is 2. The minimum atomic E-state index is -0.964. The molecule has 1 unspecified atom stereocenters. The van der Waals surface area contributed by atoms with E-state index in [1.807, 2.05) is 0 Å². The number of nitrogens with zero attached hydrogens (tertiary/aromatic N) is 3. The highest BCUT2D eigenvalue weighted by molar-refractivity contribution is 6.06. The first kappa shape index (κ1) is 24.9. The molecule has 1 aliphatic rings. The van der Waals surface area contributed by atoms with E-state index in [4.69, 9.17) is 15.2 Å². The summed E-state index contributed by atoms with van der Waals surface area (Å²) in [6.07, 6.45) is 0. The summed E-state index contributed by atoms with van der Waals surface area (Å²) >= 11 is 0. The molecule has 0 fully saturated rings. The van der Waals surface area contributed by atoms with Gasteiger partial charge in [0.05, 0.1) is 48.7 Å². The second kappa shape index (κ2) is 10.2. The van der Waals surface area contributed by atoms with Crippen molar-refractivity contribution in [1.29, 1.82) is 5.26 Å². The van der Waals surface area contributed by atoms with Gasteiger partial charge in [-0.25, -0.2) is 14.7 Å². The molecule has 2 heterocycles. The summed E-state index contributed by atoms with van der Waals surface area (Å²) in [7, 11) is 2.38. The number of aryl methyl sites for hydroxylation is 1. The Bertz CT molecular complexity index is 1530. The van der Waals surface area contributed by atoms with Crippen LogP contribution >= 0.6 is 0 Å². The molecule has 0 radical (unpaired) electrons. The van der Waals surface area contributed by atoms with Crippen LogP contribution in [0.1, 0.15) is 17.0 Å². The minimum Gasteiger partial charge on any atom is -0.466 e. The SMILES string of the molecule is COC(=O)C1=C(C(=O)OC)N(c2cc(-c3ccc(=O)[nH]n3)ccc2C)C(N)=C(C#N)C1c1ccccc1. The van der Waals surface area contributed by atoms with Crippen molar-refractivity contribution in [3.05, 3.63) is 105 Å². The molecule has 0 saturated heterocycles. The first-order valence-corrected chi connectivity index (χ1v) is 11.1. The van der Waals surface area contributed by atoms with Crippen LogP contribution in [0.4, 0.5) is 5.69 Å². The predicted molar refractivity (Wildman–Crippen MR) is 135 cm³/mol. The highest BCUT2D eigenvalue weighted by Crippen LogP contribution is 2.44. The molecule has 0 spiro atoms. The maximum atomic E-state index is 13.3. The van der Waals surface area contributed by atoms with Crippen molar-refractivity contribution >= 4 is 17.6 Å². The van der Waals surface area contributed by atoms with Gasteiger partial charge in [0.2, 0.25) is 0 Å². The summed E-state index contributed by atoms with van der Waals surface area (Å²) in [5, 5.41) is 16.6. The quantitative estimate of drug-likeness (QED) is 0.507. The molecular weight excluding hydrogens is 474 g/mol. The fraction of sp³-hybridized carbons (Fsp3) is 0.148. The van der Waals surface area contributed by atoms with Crippen LogP contribution < -0.4 is 16.2 Å². The number of allylic oxidation sites excluding steroid dienone is 1. The number of nitriles is 1. The van der Waals surface area contributed by atoms with E-state index in [1.54, 1.807) is 61.5 Å². The third kappa shape index (κ3) is 4.46. The minimum absolute atomic E-state index is 0.0425.